The second-order valence-electron chi connectivity index (χ2n) is 3.87. The van der Waals surface area contributed by atoms with Crippen LogP contribution in [0.5, 0.6) is 17.2 Å². The summed E-state index contributed by atoms with van der Waals surface area (Å²) >= 11 is 5.91. The van der Waals surface area contributed by atoms with Gasteiger partial charge in [0.2, 0.25) is 0 Å². The Bertz CT molecular complexity index is 581. The van der Waals surface area contributed by atoms with Crippen molar-refractivity contribution in [3.05, 3.63) is 53.6 Å². The molecule has 0 fully saturated rings. The molecule has 0 aliphatic heterocycles. The molecule has 0 heterocycles. The van der Waals surface area contributed by atoms with Gasteiger partial charge in [0.15, 0.2) is 6.61 Å². The molecular weight excluding hydrogens is 280 g/mol. The summed E-state index contributed by atoms with van der Waals surface area (Å²) in [5, 5.41) is 0.449. The van der Waals surface area contributed by atoms with Crippen molar-refractivity contribution in [2.75, 3.05) is 13.7 Å². The summed E-state index contributed by atoms with van der Waals surface area (Å²) < 4.78 is 15.4. The van der Waals surface area contributed by atoms with Gasteiger partial charge >= 0.3 is 5.97 Å². The molecule has 5 heteroatoms. The Hall–Kier alpha value is -2.20. The number of hydrogen-bond acceptors (Lipinski definition) is 4. The maximum Gasteiger partial charge on any atom is 0.349 e. The summed E-state index contributed by atoms with van der Waals surface area (Å²) in [6.07, 6.45) is 0. The first kappa shape index (κ1) is 14.2. The van der Waals surface area contributed by atoms with E-state index in [-0.39, 0.29) is 6.61 Å². The van der Waals surface area contributed by atoms with Crippen molar-refractivity contribution < 1.29 is 19.0 Å². The van der Waals surface area contributed by atoms with Crippen molar-refractivity contribution in [3.8, 4) is 17.2 Å². The number of carbonyl (C=O) groups excluding carboxylic acids is 1. The Kier molecular flexibility index (Phi) is 4.85. The van der Waals surface area contributed by atoms with Crippen LogP contribution in [-0.2, 0) is 4.79 Å². The van der Waals surface area contributed by atoms with Crippen LogP contribution in [0.15, 0.2) is 48.5 Å². The largest absolute Gasteiger partial charge is 0.497 e. The molecule has 0 bridgehead atoms. The fraction of sp³-hybridized carbons (Fsp3) is 0.133. The third-order valence-electron chi connectivity index (χ3n) is 2.47. The molecule has 0 spiro atoms. The van der Waals surface area contributed by atoms with E-state index in [0.717, 1.165) is 0 Å². The van der Waals surface area contributed by atoms with Gasteiger partial charge in [0.1, 0.15) is 17.2 Å². The molecule has 0 N–H and O–H groups in total. The molecule has 0 saturated carbocycles. The second kappa shape index (κ2) is 6.82. The first-order valence-electron chi connectivity index (χ1n) is 5.91. The molecule has 2 aromatic carbocycles. The lowest BCUT2D eigenvalue weighted by atomic mass is 10.3. The van der Waals surface area contributed by atoms with E-state index >= 15 is 0 Å². The summed E-state index contributed by atoms with van der Waals surface area (Å²) in [5.74, 6) is 1.06. The highest BCUT2D eigenvalue weighted by Gasteiger charge is 2.08. The van der Waals surface area contributed by atoms with Gasteiger partial charge in [-0.2, -0.15) is 0 Å². The van der Waals surface area contributed by atoms with Gasteiger partial charge in [-0.05, 0) is 36.4 Å². The van der Waals surface area contributed by atoms with E-state index in [1.165, 1.54) is 0 Å². The summed E-state index contributed by atoms with van der Waals surface area (Å²) in [5.41, 5.74) is 0. The standard InChI is InChI=1S/C15H13ClO4/c1-18-11-6-8-12(9-7-11)20-15(17)10-19-14-5-3-2-4-13(14)16/h2-9H,10H2,1H3. The van der Waals surface area contributed by atoms with Gasteiger partial charge in [-0.25, -0.2) is 4.79 Å². The molecule has 2 aromatic rings. The number of hydrogen-bond donors (Lipinski definition) is 0. The number of carbonyl (C=O) groups is 1. The normalized spacial score (nSPS) is 9.90. The molecule has 0 saturated heterocycles. The van der Waals surface area contributed by atoms with Crippen molar-refractivity contribution in [1.82, 2.24) is 0 Å². The van der Waals surface area contributed by atoms with Gasteiger partial charge < -0.3 is 14.2 Å². The molecule has 4 nitrogen and oxygen atoms in total. The van der Waals surface area contributed by atoms with Crippen LogP contribution in [-0.4, -0.2) is 19.7 Å². The van der Waals surface area contributed by atoms with Crippen LogP contribution >= 0.6 is 11.6 Å². The van der Waals surface area contributed by atoms with Gasteiger partial charge in [0, 0.05) is 0 Å². The zero-order valence-corrected chi connectivity index (χ0v) is 11.6. The Labute approximate surface area is 121 Å². The Morgan fingerprint density at radius 2 is 1.70 bits per heavy atom. The molecule has 20 heavy (non-hydrogen) atoms. The lowest BCUT2D eigenvalue weighted by molar-refractivity contribution is -0.136. The molecule has 0 aliphatic carbocycles. The molecule has 0 amide bonds. The van der Waals surface area contributed by atoms with E-state index in [9.17, 15) is 4.79 Å². The van der Waals surface area contributed by atoms with Gasteiger partial charge in [-0.3, -0.25) is 0 Å². The first-order valence-corrected chi connectivity index (χ1v) is 6.29. The minimum absolute atomic E-state index is 0.213. The molecule has 0 atom stereocenters. The van der Waals surface area contributed by atoms with E-state index < -0.39 is 5.97 Å². The lowest BCUT2D eigenvalue weighted by Crippen LogP contribution is -2.17. The molecule has 0 unspecified atom stereocenters. The second-order valence-corrected chi connectivity index (χ2v) is 4.28. The highest BCUT2D eigenvalue weighted by Crippen LogP contribution is 2.23. The number of rotatable bonds is 5. The van der Waals surface area contributed by atoms with Crippen molar-refractivity contribution in [2.24, 2.45) is 0 Å². The highest BCUT2D eigenvalue weighted by atomic mass is 35.5. The van der Waals surface area contributed by atoms with E-state index in [4.69, 9.17) is 25.8 Å². The van der Waals surface area contributed by atoms with Crippen molar-refractivity contribution in [2.45, 2.75) is 0 Å². The smallest absolute Gasteiger partial charge is 0.349 e. The van der Waals surface area contributed by atoms with Crippen molar-refractivity contribution >= 4 is 17.6 Å². The fourth-order valence-electron chi connectivity index (χ4n) is 1.50. The van der Waals surface area contributed by atoms with Crippen LogP contribution in [0, 0.1) is 0 Å². The Morgan fingerprint density at radius 3 is 2.35 bits per heavy atom. The maximum absolute atomic E-state index is 11.6. The van der Waals surface area contributed by atoms with E-state index in [0.29, 0.717) is 22.3 Å². The summed E-state index contributed by atoms with van der Waals surface area (Å²) in [4.78, 5) is 11.6. The van der Waals surface area contributed by atoms with Crippen LogP contribution in [0.1, 0.15) is 0 Å². The topological polar surface area (TPSA) is 44.8 Å². The average Bonchev–Trinajstić information content (AvgIpc) is 2.47. The first-order chi connectivity index (χ1) is 9.69. The Balaban J connectivity index is 1.87. The Morgan fingerprint density at radius 1 is 1.05 bits per heavy atom. The van der Waals surface area contributed by atoms with E-state index in [1.807, 2.05) is 0 Å². The van der Waals surface area contributed by atoms with Gasteiger partial charge in [0.25, 0.3) is 0 Å². The number of para-hydroxylation sites is 1. The van der Waals surface area contributed by atoms with Gasteiger partial charge in [-0.1, -0.05) is 23.7 Å². The van der Waals surface area contributed by atoms with Crippen LogP contribution in [0.25, 0.3) is 0 Å². The number of halogens is 1. The molecular formula is C15H13ClO4. The number of esters is 1. The van der Waals surface area contributed by atoms with Crippen LogP contribution in [0.3, 0.4) is 0 Å². The van der Waals surface area contributed by atoms with Crippen LogP contribution in [0.2, 0.25) is 5.02 Å². The molecule has 104 valence electrons. The maximum atomic E-state index is 11.6. The fourth-order valence-corrected chi connectivity index (χ4v) is 1.69. The van der Waals surface area contributed by atoms with Crippen molar-refractivity contribution in [3.63, 3.8) is 0 Å². The predicted octanol–water partition coefficient (Wildman–Crippen LogP) is 3.33. The molecule has 2 rings (SSSR count). The highest BCUT2D eigenvalue weighted by molar-refractivity contribution is 6.32. The number of methoxy groups -OCH3 is 1. The average molecular weight is 293 g/mol. The molecule has 0 aliphatic rings. The zero-order chi connectivity index (χ0) is 14.4. The van der Waals surface area contributed by atoms with E-state index in [2.05, 4.69) is 0 Å². The minimum Gasteiger partial charge on any atom is -0.497 e. The predicted molar refractivity (Wildman–Crippen MR) is 75.6 cm³/mol. The summed E-state index contributed by atoms with van der Waals surface area (Å²) in [6, 6.07) is 13.6. The van der Waals surface area contributed by atoms with E-state index in [1.54, 1.807) is 55.6 Å². The van der Waals surface area contributed by atoms with Gasteiger partial charge in [0.05, 0.1) is 12.1 Å². The number of benzene rings is 2. The zero-order valence-electron chi connectivity index (χ0n) is 10.8. The van der Waals surface area contributed by atoms with Crippen LogP contribution in [0.4, 0.5) is 0 Å². The lowest BCUT2D eigenvalue weighted by Gasteiger charge is -2.08. The summed E-state index contributed by atoms with van der Waals surface area (Å²) in [7, 11) is 1.57. The third-order valence-corrected chi connectivity index (χ3v) is 2.79. The quantitative estimate of drug-likeness (QED) is 0.626. The van der Waals surface area contributed by atoms with Gasteiger partial charge in [-0.15, -0.1) is 0 Å². The number of ether oxygens (including phenoxy) is 3. The van der Waals surface area contributed by atoms with Crippen molar-refractivity contribution in [1.29, 1.82) is 0 Å². The summed E-state index contributed by atoms with van der Waals surface area (Å²) in [6.45, 7) is -0.213. The van der Waals surface area contributed by atoms with Crippen LogP contribution < -0.4 is 14.2 Å². The SMILES string of the molecule is COc1ccc(OC(=O)COc2ccccc2Cl)cc1. The third kappa shape index (κ3) is 3.90. The minimum atomic E-state index is -0.505. The molecule has 0 radical (unpaired) electrons. The monoisotopic (exact) mass is 292 g/mol. The molecule has 0 aromatic heterocycles.